The summed E-state index contributed by atoms with van der Waals surface area (Å²) >= 11 is 0. The van der Waals surface area contributed by atoms with Crippen molar-refractivity contribution in [2.45, 2.75) is 26.0 Å². The van der Waals surface area contributed by atoms with Gasteiger partial charge in [0.25, 0.3) is 0 Å². The Balaban J connectivity index is 1.83. The van der Waals surface area contributed by atoms with Crippen LogP contribution in [0.25, 0.3) is 0 Å². The monoisotopic (exact) mass is 262 g/mol. The van der Waals surface area contributed by atoms with Gasteiger partial charge >= 0.3 is 0 Å². The van der Waals surface area contributed by atoms with Gasteiger partial charge < -0.3 is 15.0 Å². The third-order valence-corrected chi connectivity index (χ3v) is 3.37. The van der Waals surface area contributed by atoms with E-state index in [4.69, 9.17) is 4.74 Å². The van der Waals surface area contributed by atoms with Crippen molar-refractivity contribution in [1.29, 1.82) is 0 Å². The number of benzene rings is 1. The van der Waals surface area contributed by atoms with E-state index in [9.17, 15) is 4.79 Å². The molecular weight excluding hydrogens is 240 g/mol. The van der Waals surface area contributed by atoms with Gasteiger partial charge in [0.15, 0.2) is 0 Å². The largest absolute Gasteiger partial charge is 0.375 e. The fourth-order valence-corrected chi connectivity index (χ4v) is 2.16. The summed E-state index contributed by atoms with van der Waals surface area (Å²) in [4.78, 5) is 13.9. The summed E-state index contributed by atoms with van der Waals surface area (Å²) in [6.07, 6.45) is 0.469. The van der Waals surface area contributed by atoms with E-state index >= 15 is 0 Å². The Morgan fingerprint density at radius 3 is 2.79 bits per heavy atom. The summed E-state index contributed by atoms with van der Waals surface area (Å²) in [5.74, 6) is 0.134. The van der Waals surface area contributed by atoms with Crippen molar-refractivity contribution in [2.75, 3.05) is 26.7 Å². The molecule has 2 rings (SSSR count). The molecule has 4 heteroatoms. The van der Waals surface area contributed by atoms with Gasteiger partial charge in [-0.25, -0.2) is 0 Å². The number of amides is 1. The Morgan fingerprint density at radius 2 is 2.16 bits per heavy atom. The lowest BCUT2D eigenvalue weighted by Crippen LogP contribution is -2.41. The molecule has 0 aliphatic carbocycles. The number of morpholine rings is 1. The van der Waals surface area contributed by atoms with Crippen molar-refractivity contribution in [3.05, 3.63) is 35.4 Å². The Morgan fingerprint density at radius 1 is 1.42 bits per heavy atom. The van der Waals surface area contributed by atoms with Gasteiger partial charge in [-0.3, -0.25) is 4.79 Å². The molecular formula is C15H22N2O2. The minimum Gasteiger partial charge on any atom is -0.375 e. The number of carbonyl (C=O) groups excluding carboxylic acids is 1. The summed E-state index contributed by atoms with van der Waals surface area (Å²) in [5, 5.41) is 3.24. The van der Waals surface area contributed by atoms with Crippen LogP contribution in [0.1, 0.15) is 17.5 Å². The van der Waals surface area contributed by atoms with Gasteiger partial charge in [0, 0.05) is 26.7 Å². The van der Waals surface area contributed by atoms with Crippen LogP contribution < -0.4 is 5.32 Å². The van der Waals surface area contributed by atoms with Crippen molar-refractivity contribution >= 4 is 5.91 Å². The normalized spacial score (nSPS) is 19.2. The lowest BCUT2D eigenvalue weighted by Gasteiger charge is -2.25. The van der Waals surface area contributed by atoms with Crippen LogP contribution in [0.4, 0.5) is 0 Å². The fourth-order valence-electron chi connectivity index (χ4n) is 2.16. The highest BCUT2D eigenvalue weighted by atomic mass is 16.5. The molecule has 1 aromatic rings. The van der Waals surface area contributed by atoms with E-state index in [0.717, 1.165) is 18.7 Å². The molecule has 1 saturated heterocycles. The highest BCUT2D eigenvalue weighted by molar-refractivity contribution is 5.76. The molecule has 0 radical (unpaired) electrons. The van der Waals surface area contributed by atoms with Crippen molar-refractivity contribution in [2.24, 2.45) is 0 Å². The molecule has 1 aliphatic heterocycles. The van der Waals surface area contributed by atoms with Gasteiger partial charge in [-0.1, -0.05) is 29.8 Å². The first kappa shape index (κ1) is 14.0. The van der Waals surface area contributed by atoms with Crippen LogP contribution in [0.15, 0.2) is 24.3 Å². The molecule has 1 unspecified atom stereocenters. The number of nitrogens with one attached hydrogen (secondary N) is 1. The topological polar surface area (TPSA) is 41.6 Å². The third kappa shape index (κ3) is 4.33. The van der Waals surface area contributed by atoms with Crippen LogP contribution >= 0.6 is 0 Å². The number of hydrogen-bond donors (Lipinski definition) is 1. The second kappa shape index (κ2) is 6.68. The van der Waals surface area contributed by atoms with Gasteiger partial charge in [-0.2, -0.15) is 0 Å². The van der Waals surface area contributed by atoms with Crippen LogP contribution in [0, 0.1) is 6.92 Å². The average molecular weight is 262 g/mol. The summed E-state index contributed by atoms with van der Waals surface area (Å²) in [5.41, 5.74) is 2.39. The SMILES string of the molecule is Cc1ccc(CN(C)C(=O)CC2CNCCO2)cc1. The van der Waals surface area contributed by atoms with Crippen LogP contribution in [0.2, 0.25) is 0 Å². The minimum atomic E-state index is 0.0155. The molecule has 4 nitrogen and oxygen atoms in total. The number of rotatable bonds is 4. The Labute approximate surface area is 114 Å². The number of hydrogen-bond acceptors (Lipinski definition) is 3. The molecule has 1 N–H and O–H groups in total. The number of ether oxygens (including phenoxy) is 1. The van der Waals surface area contributed by atoms with E-state index in [1.54, 1.807) is 4.90 Å². The maximum Gasteiger partial charge on any atom is 0.225 e. The summed E-state index contributed by atoms with van der Waals surface area (Å²) in [7, 11) is 1.85. The first-order chi connectivity index (χ1) is 9.15. The van der Waals surface area contributed by atoms with Crippen molar-refractivity contribution in [3.63, 3.8) is 0 Å². The van der Waals surface area contributed by atoms with Crippen molar-refractivity contribution < 1.29 is 9.53 Å². The van der Waals surface area contributed by atoms with E-state index in [0.29, 0.717) is 19.6 Å². The second-order valence-corrected chi connectivity index (χ2v) is 5.14. The molecule has 1 aliphatic rings. The molecule has 1 atom stereocenters. The van der Waals surface area contributed by atoms with Crippen LogP contribution in [0.5, 0.6) is 0 Å². The Bertz CT molecular complexity index is 411. The van der Waals surface area contributed by atoms with E-state index in [2.05, 4.69) is 36.5 Å². The first-order valence-corrected chi connectivity index (χ1v) is 6.77. The van der Waals surface area contributed by atoms with Crippen LogP contribution in [0.3, 0.4) is 0 Å². The predicted octanol–water partition coefficient (Wildman–Crippen LogP) is 1.33. The third-order valence-electron chi connectivity index (χ3n) is 3.37. The van der Waals surface area contributed by atoms with Crippen LogP contribution in [-0.4, -0.2) is 43.7 Å². The maximum absolute atomic E-state index is 12.1. The molecule has 0 bridgehead atoms. The lowest BCUT2D eigenvalue weighted by atomic mass is 10.1. The van der Waals surface area contributed by atoms with E-state index < -0.39 is 0 Å². The molecule has 0 saturated carbocycles. The van der Waals surface area contributed by atoms with Crippen LogP contribution in [-0.2, 0) is 16.1 Å². The highest BCUT2D eigenvalue weighted by Gasteiger charge is 2.19. The summed E-state index contributed by atoms with van der Waals surface area (Å²) < 4.78 is 5.55. The summed E-state index contributed by atoms with van der Waals surface area (Å²) in [6, 6.07) is 8.28. The molecule has 0 spiro atoms. The van der Waals surface area contributed by atoms with Gasteiger partial charge in [0.05, 0.1) is 19.1 Å². The smallest absolute Gasteiger partial charge is 0.225 e. The molecule has 1 heterocycles. The zero-order chi connectivity index (χ0) is 13.7. The van der Waals surface area contributed by atoms with Gasteiger partial charge in [-0.15, -0.1) is 0 Å². The number of nitrogens with zero attached hydrogens (tertiary/aromatic N) is 1. The quantitative estimate of drug-likeness (QED) is 0.890. The zero-order valence-electron chi connectivity index (χ0n) is 11.7. The molecule has 0 aromatic heterocycles. The average Bonchev–Trinajstić information content (AvgIpc) is 2.42. The predicted molar refractivity (Wildman–Crippen MR) is 74.9 cm³/mol. The second-order valence-electron chi connectivity index (χ2n) is 5.14. The van der Waals surface area contributed by atoms with E-state index in [1.165, 1.54) is 5.56 Å². The zero-order valence-corrected chi connectivity index (χ0v) is 11.7. The van der Waals surface area contributed by atoms with Gasteiger partial charge in [0.2, 0.25) is 5.91 Å². The Hall–Kier alpha value is -1.39. The fraction of sp³-hybridized carbons (Fsp3) is 0.533. The van der Waals surface area contributed by atoms with Crippen molar-refractivity contribution in [1.82, 2.24) is 10.2 Å². The minimum absolute atomic E-state index is 0.0155. The molecule has 1 fully saturated rings. The molecule has 19 heavy (non-hydrogen) atoms. The Kier molecular flexibility index (Phi) is 4.93. The molecule has 1 aromatic carbocycles. The first-order valence-electron chi connectivity index (χ1n) is 6.77. The lowest BCUT2D eigenvalue weighted by molar-refractivity contribution is -0.133. The maximum atomic E-state index is 12.1. The van der Waals surface area contributed by atoms with E-state index in [-0.39, 0.29) is 12.0 Å². The van der Waals surface area contributed by atoms with Gasteiger partial charge in [0.1, 0.15) is 0 Å². The molecule has 104 valence electrons. The highest BCUT2D eigenvalue weighted by Crippen LogP contribution is 2.09. The van der Waals surface area contributed by atoms with E-state index in [1.807, 2.05) is 7.05 Å². The summed E-state index contributed by atoms with van der Waals surface area (Å²) in [6.45, 7) is 5.05. The standard InChI is InChI=1S/C15H22N2O2/c1-12-3-5-13(6-4-12)11-17(2)15(18)9-14-10-16-7-8-19-14/h3-6,14,16H,7-11H2,1-2H3. The molecule has 1 amide bonds. The van der Waals surface area contributed by atoms with Gasteiger partial charge in [-0.05, 0) is 12.5 Å². The number of aryl methyl sites for hydroxylation is 1. The number of carbonyl (C=O) groups is 1. The van der Waals surface area contributed by atoms with Crippen molar-refractivity contribution in [3.8, 4) is 0 Å².